The summed E-state index contributed by atoms with van der Waals surface area (Å²) < 4.78 is 10.5. The molecule has 1 aliphatic heterocycles. The SMILES string of the molecule is CC(=O)O[C@@H]1C[C@H]2C(=O)O[C@H](C)[C@H]2[C@@H](CO)[C@@H]1C. The highest BCUT2D eigenvalue weighted by Gasteiger charge is 2.53. The first kappa shape index (κ1) is 13.3. The average Bonchev–Trinajstić information content (AvgIpc) is 2.55. The second kappa shape index (κ2) is 4.88. The quantitative estimate of drug-likeness (QED) is 0.738. The van der Waals surface area contributed by atoms with Crippen molar-refractivity contribution in [3.63, 3.8) is 0 Å². The highest BCUT2D eigenvalue weighted by molar-refractivity contribution is 5.75. The van der Waals surface area contributed by atoms with Crippen molar-refractivity contribution in [2.45, 2.75) is 39.4 Å². The molecule has 1 heterocycles. The Morgan fingerprint density at radius 3 is 2.72 bits per heavy atom. The van der Waals surface area contributed by atoms with Crippen LogP contribution in [0.5, 0.6) is 0 Å². The molecule has 0 spiro atoms. The number of fused-ring (bicyclic) bond motifs is 1. The van der Waals surface area contributed by atoms with E-state index in [-0.39, 0.29) is 54.4 Å². The van der Waals surface area contributed by atoms with Crippen LogP contribution in [-0.4, -0.2) is 35.9 Å². The highest BCUT2D eigenvalue weighted by atomic mass is 16.6. The molecule has 1 saturated carbocycles. The van der Waals surface area contributed by atoms with E-state index in [0.717, 1.165) is 0 Å². The Labute approximate surface area is 106 Å². The molecule has 0 amide bonds. The van der Waals surface area contributed by atoms with E-state index >= 15 is 0 Å². The van der Waals surface area contributed by atoms with E-state index in [1.807, 2.05) is 13.8 Å². The normalized spacial score (nSPS) is 43.2. The first-order chi connectivity index (χ1) is 8.45. The van der Waals surface area contributed by atoms with Gasteiger partial charge in [0.05, 0.1) is 5.92 Å². The van der Waals surface area contributed by atoms with Crippen LogP contribution in [0, 0.1) is 23.7 Å². The van der Waals surface area contributed by atoms with E-state index in [4.69, 9.17) is 9.47 Å². The van der Waals surface area contributed by atoms with Gasteiger partial charge in [-0.05, 0) is 25.2 Å². The minimum absolute atomic E-state index is 0.0128. The molecule has 0 unspecified atom stereocenters. The number of ether oxygens (including phenoxy) is 2. The summed E-state index contributed by atoms with van der Waals surface area (Å²) in [4.78, 5) is 22.9. The molecule has 0 aromatic carbocycles. The molecule has 5 heteroatoms. The molecule has 1 aliphatic carbocycles. The zero-order valence-electron chi connectivity index (χ0n) is 11.0. The summed E-state index contributed by atoms with van der Waals surface area (Å²) in [6.07, 6.45) is 0.0320. The predicted octanol–water partition coefficient (Wildman–Crippen LogP) is 0.744. The maximum Gasteiger partial charge on any atom is 0.309 e. The number of cyclic esters (lactones) is 1. The van der Waals surface area contributed by atoms with Crippen LogP contribution in [0.1, 0.15) is 27.2 Å². The first-order valence-corrected chi connectivity index (χ1v) is 6.44. The Balaban J connectivity index is 2.22. The second-order valence-corrected chi connectivity index (χ2v) is 5.41. The van der Waals surface area contributed by atoms with Crippen molar-refractivity contribution in [2.75, 3.05) is 6.61 Å². The molecular formula is C13H20O5. The van der Waals surface area contributed by atoms with Gasteiger partial charge in [0.15, 0.2) is 0 Å². The van der Waals surface area contributed by atoms with Crippen molar-refractivity contribution in [2.24, 2.45) is 23.7 Å². The van der Waals surface area contributed by atoms with Gasteiger partial charge in [0, 0.05) is 19.4 Å². The molecule has 18 heavy (non-hydrogen) atoms. The van der Waals surface area contributed by atoms with E-state index in [1.54, 1.807) is 0 Å². The van der Waals surface area contributed by atoms with Gasteiger partial charge in [0.2, 0.25) is 0 Å². The molecule has 6 atom stereocenters. The second-order valence-electron chi connectivity index (χ2n) is 5.41. The first-order valence-electron chi connectivity index (χ1n) is 6.44. The van der Waals surface area contributed by atoms with E-state index in [2.05, 4.69) is 0 Å². The van der Waals surface area contributed by atoms with Crippen LogP contribution in [0.25, 0.3) is 0 Å². The van der Waals surface area contributed by atoms with Crippen molar-refractivity contribution in [3.05, 3.63) is 0 Å². The average molecular weight is 256 g/mol. The van der Waals surface area contributed by atoms with Gasteiger partial charge in [-0.15, -0.1) is 0 Å². The zero-order valence-corrected chi connectivity index (χ0v) is 11.0. The third-order valence-electron chi connectivity index (χ3n) is 4.38. The summed E-state index contributed by atoms with van der Waals surface area (Å²) in [5, 5.41) is 9.56. The topological polar surface area (TPSA) is 72.8 Å². The number of aliphatic hydroxyl groups is 1. The molecule has 5 nitrogen and oxygen atoms in total. The molecule has 1 N–H and O–H groups in total. The van der Waals surface area contributed by atoms with Crippen LogP contribution in [0.2, 0.25) is 0 Å². The summed E-state index contributed by atoms with van der Waals surface area (Å²) in [6, 6.07) is 0. The smallest absolute Gasteiger partial charge is 0.309 e. The van der Waals surface area contributed by atoms with Crippen LogP contribution in [0.4, 0.5) is 0 Å². The summed E-state index contributed by atoms with van der Waals surface area (Å²) in [7, 11) is 0. The summed E-state index contributed by atoms with van der Waals surface area (Å²) in [5.41, 5.74) is 0. The van der Waals surface area contributed by atoms with Gasteiger partial charge in [-0.1, -0.05) is 6.92 Å². The van der Waals surface area contributed by atoms with Gasteiger partial charge in [-0.25, -0.2) is 0 Å². The molecular weight excluding hydrogens is 236 g/mol. The Hall–Kier alpha value is -1.10. The third-order valence-corrected chi connectivity index (χ3v) is 4.38. The standard InChI is InChI=1S/C13H20O5/c1-6-10(5-14)12-7(2)17-13(16)9(12)4-11(6)18-8(3)15/h6-7,9-12,14H,4-5H2,1-3H3/t6-,7+,9+,10-,11+,12+/m0/s1. The van der Waals surface area contributed by atoms with Crippen molar-refractivity contribution < 1.29 is 24.2 Å². The lowest BCUT2D eigenvalue weighted by Crippen LogP contribution is -2.46. The minimum Gasteiger partial charge on any atom is -0.462 e. The Morgan fingerprint density at radius 1 is 1.50 bits per heavy atom. The van der Waals surface area contributed by atoms with Crippen LogP contribution in [0.3, 0.4) is 0 Å². The number of hydrogen-bond donors (Lipinski definition) is 1. The lowest BCUT2D eigenvalue weighted by atomic mass is 9.65. The van der Waals surface area contributed by atoms with Crippen molar-refractivity contribution in [1.29, 1.82) is 0 Å². The van der Waals surface area contributed by atoms with E-state index in [0.29, 0.717) is 6.42 Å². The zero-order chi connectivity index (χ0) is 13.4. The fourth-order valence-electron chi connectivity index (χ4n) is 3.48. The van der Waals surface area contributed by atoms with E-state index in [9.17, 15) is 14.7 Å². The fourth-order valence-corrected chi connectivity index (χ4v) is 3.48. The molecule has 0 aromatic heterocycles. The van der Waals surface area contributed by atoms with Crippen molar-refractivity contribution >= 4 is 11.9 Å². The van der Waals surface area contributed by atoms with Crippen LogP contribution >= 0.6 is 0 Å². The Bertz CT molecular complexity index is 353. The van der Waals surface area contributed by atoms with Crippen LogP contribution in [-0.2, 0) is 19.1 Å². The van der Waals surface area contributed by atoms with Gasteiger partial charge in [-0.3, -0.25) is 9.59 Å². The lowest BCUT2D eigenvalue weighted by Gasteiger charge is -2.41. The number of aliphatic hydroxyl groups excluding tert-OH is 1. The monoisotopic (exact) mass is 256 g/mol. The van der Waals surface area contributed by atoms with E-state index < -0.39 is 0 Å². The predicted molar refractivity (Wildman–Crippen MR) is 62.4 cm³/mol. The van der Waals surface area contributed by atoms with Gasteiger partial charge in [0.1, 0.15) is 12.2 Å². The number of rotatable bonds is 2. The lowest BCUT2D eigenvalue weighted by molar-refractivity contribution is -0.158. The maximum absolute atomic E-state index is 11.8. The summed E-state index contributed by atoms with van der Waals surface area (Å²) in [6.45, 7) is 5.17. The molecule has 0 bridgehead atoms. The largest absolute Gasteiger partial charge is 0.462 e. The number of carbonyl (C=O) groups is 2. The van der Waals surface area contributed by atoms with Gasteiger partial charge in [-0.2, -0.15) is 0 Å². The summed E-state index contributed by atoms with van der Waals surface area (Å²) >= 11 is 0. The van der Waals surface area contributed by atoms with Crippen LogP contribution < -0.4 is 0 Å². The third kappa shape index (κ3) is 2.11. The molecule has 2 fully saturated rings. The molecule has 2 rings (SSSR count). The molecule has 0 radical (unpaired) electrons. The van der Waals surface area contributed by atoms with Crippen molar-refractivity contribution in [1.82, 2.24) is 0 Å². The minimum atomic E-state index is -0.346. The Kier molecular flexibility index (Phi) is 3.61. The number of hydrogen-bond acceptors (Lipinski definition) is 5. The fraction of sp³-hybridized carbons (Fsp3) is 0.846. The molecule has 2 aliphatic rings. The van der Waals surface area contributed by atoms with Crippen LogP contribution in [0.15, 0.2) is 0 Å². The van der Waals surface area contributed by atoms with Gasteiger partial charge < -0.3 is 14.6 Å². The molecule has 1 saturated heterocycles. The Morgan fingerprint density at radius 2 is 2.17 bits per heavy atom. The maximum atomic E-state index is 11.8. The highest BCUT2D eigenvalue weighted by Crippen LogP contribution is 2.46. The van der Waals surface area contributed by atoms with Crippen molar-refractivity contribution in [3.8, 4) is 0 Å². The molecule has 0 aromatic rings. The molecule has 102 valence electrons. The summed E-state index contributed by atoms with van der Waals surface area (Å²) in [5.74, 6) is -0.815. The number of esters is 2. The number of carbonyl (C=O) groups excluding carboxylic acids is 2. The van der Waals surface area contributed by atoms with Gasteiger partial charge in [0.25, 0.3) is 0 Å². The van der Waals surface area contributed by atoms with Gasteiger partial charge >= 0.3 is 11.9 Å². The van der Waals surface area contributed by atoms with E-state index in [1.165, 1.54) is 6.92 Å².